The molecule has 0 radical (unpaired) electrons. The van der Waals surface area contributed by atoms with Crippen molar-refractivity contribution in [3.05, 3.63) is 35.9 Å². The molecular weight excluding hydrogens is 438 g/mol. The highest BCUT2D eigenvalue weighted by Gasteiger charge is 2.76. The molecule has 1 aromatic carbocycles. The van der Waals surface area contributed by atoms with Crippen LogP contribution < -0.4 is 10.6 Å². The molecule has 7 nitrogen and oxygen atoms in total. The van der Waals surface area contributed by atoms with Crippen molar-refractivity contribution in [2.24, 2.45) is 23.7 Å². The van der Waals surface area contributed by atoms with E-state index < -0.39 is 28.7 Å². The molecule has 3 N–H and O–H groups in total. The number of aliphatic hydroxyl groups is 1. The molecule has 180 valence electrons. The van der Waals surface area contributed by atoms with Crippen LogP contribution in [0.15, 0.2) is 30.3 Å². The average Bonchev–Trinajstić information content (AvgIpc) is 3.42. The summed E-state index contributed by atoms with van der Waals surface area (Å²) in [5, 5.41) is 16.2. The highest BCUT2D eigenvalue weighted by molar-refractivity contribution is 8.02. The first kappa shape index (κ1) is 24.1. The lowest BCUT2D eigenvalue weighted by atomic mass is 9.66. The summed E-state index contributed by atoms with van der Waals surface area (Å²) in [4.78, 5) is 42.3. The van der Waals surface area contributed by atoms with Gasteiger partial charge in [0.25, 0.3) is 0 Å². The van der Waals surface area contributed by atoms with Gasteiger partial charge in [-0.1, -0.05) is 57.5 Å². The Morgan fingerprint density at radius 3 is 2.58 bits per heavy atom. The molecule has 3 heterocycles. The zero-order chi connectivity index (χ0) is 23.9. The van der Waals surface area contributed by atoms with Gasteiger partial charge in [0.05, 0.1) is 29.2 Å². The van der Waals surface area contributed by atoms with Crippen molar-refractivity contribution in [3.8, 4) is 0 Å². The third-order valence-corrected chi connectivity index (χ3v) is 10.2. The summed E-state index contributed by atoms with van der Waals surface area (Å²) in [7, 11) is 1.60. The zero-order valence-electron chi connectivity index (χ0n) is 19.8. The Hall–Kier alpha value is -2.06. The van der Waals surface area contributed by atoms with E-state index in [-0.39, 0.29) is 41.4 Å². The topological polar surface area (TPSA) is 98.7 Å². The van der Waals surface area contributed by atoms with Gasteiger partial charge in [-0.2, -0.15) is 0 Å². The van der Waals surface area contributed by atoms with Crippen LogP contribution >= 0.6 is 11.8 Å². The van der Waals surface area contributed by atoms with Gasteiger partial charge < -0.3 is 20.6 Å². The molecule has 3 fully saturated rings. The van der Waals surface area contributed by atoms with Crippen LogP contribution in [0.2, 0.25) is 0 Å². The zero-order valence-corrected chi connectivity index (χ0v) is 20.6. The number of benzene rings is 1. The Morgan fingerprint density at radius 1 is 1.27 bits per heavy atom. The molecule has 8 atom stereocenters. The molecule has 1 spiro atoms. The molecule has 8 heteroatoms. The Bertz CT molecular complexity index is 912. The van der Waals surface area contributed by atoms with Crippen molar-refractivity contribution in [1.82, 2.24) is 15.5 Å². The van der Waals surface area contributed by atoms with Crippen LogP contribution in [0.3, 0.4) is 0 Å². The predicted octanol–water partition coefficient (Wildman–Crippen LogP) is 1.79. The van der Waals surface area contributed by atoms with Crippen LogP contribution in [0.5, 0.6) is 0 Å². The number of nitrogens with zero attached hydrogens (tertiary/aromatic N) is 1. The standard InChI is InChI=1S/C25H35N3O4S/c1-5-14(2)17(13-29)28-21(23(31)27-12-16-9-7-6-8-10-16)25-15(3)11-18(33-25)19(22(30)26-4)20(25)24(28)32/h6-10,14-15,17-21,29H,5,11-13H2,1-4H3,(H,26,30)(H,27,31)/t14-,15?,17-,18+,19-,20-,21?,25?/m0/s1. The summed E-state index contributed by atoms with van der Waals surface area (Å²) in [6, 6.07) is 8.51. The minimum Gasteiger partial charge on any atom is -0.394 e. The largest absolute Gasteiger partial charge is 0.394 e. The number of nitrogens with one attached hydrogen (secondary N) is 2. The number of amides is 3. The van der Waals surface area contributed by atoms with Gasteiger partial charge in [-0.05, 0) is 23.8 Å². The lowest BCUT2D eigenvalue weighted by Crippen LogP contribution is -2.59. The van der Waals surface area contributed by atoms with Crippen LogP contribution in [0, 0.1) is 23.7 Å². The second-order valence-corrected chi connectivity index (χ2v) is 11.3. The summed E-state index contributed by atoms with van der Waals surface area (Å²) < 4.78 is -0.666. The maximum Gasteiger partial charge on any atom is 0.244 e. The molecule has 2 bridgehead atoms. The smallest absolute Gasteiger partial charge is 0.244 e. The maximum atomic E-state index is 14.0. The van der Waals surface area contributed by atoms with E-state index in [1.54, 1.807) is 23.7 Å². The molecule has 3 saturated heterocycles. The van der Waals surface area contributed by atoms with Gasteiger partial charge in [-0.3, -0.25) is 14.4 Å². The molecule has 4 rings (SSSR count). The number of likely N-dealkylation sites (tertiary alicyclic amines) is 1. The van der Waals surface area contributed by atoms with Crippen molar-refractivity contribution in [3.63, 3.8) is 0 Å². The molecule has 1 aromatic rings. The van der Waals surface area contributed by atoms with Crippen molar-refractivity contribution in [2.75, 3.05) is 13.7 Å². The lowest BCUT2D eigenvalue weighted by Gasteiger charge is -2.41. The Morgan fingerprint density at radius 2 is 1.97 bits per heavy atom. The van der Waals surface area contributed by atoms with E-state index in [1.165, 1.54) is 0 Å². The number of fused-ring (bicyclic) bond motifs is 1. The van der Waals surface area contributed by atoms with Crippen molar-refractivity contribution < 1.29 is 19.5 Å². The fourth-order valence-corrected chi connectivity index (χ4v) is 8.69. The van der Waals surface area contributed by atoms with E-state index in [1.807, 2.05) is 44.2 Å². The highest BCUT2D eigenvalue weighted by atomic mass is 32.2. The van der Waals surface area contributed by atoms with Crippen LogP contribution in [0.25, 0.3) is 0 Å². The summed E-state index contributed by atoms with van der Waals surface area (Å²) in [6.45, 7) is 6.29. The number of carbonyl (C=O) groups excluding carboxylic acids is 3. The first-order chi connectivity index (χ1) is 15.8. The van der Waals surface area contributed by atoms with Gasteiger partial charge in [0.1, 0.15) is 6.04 Å². The third kappa shape index (κ3) is 3.66. The van der Waals surface area contributed by atoms with E-state index in [2.05, 4.69) is 17.6 Å². The van der Waals surface area contributed by atoms with E-state index in [9.17, 15) is 19.5 Å². The molecule has 3 aliphatic heterocycles. The number of hydrogen-bond acceptors (Lipinski definition) is 5. The normalized spacial score (nSPS) is 34.2. The predicted molar refractivity (Wildman–Crippen MR) is 128 cm³/mol. The summed E-state index contributed by atoms with van der Waals surface area (Å²) in [5.41, 5.74) is 0.982. The summed E-state index contributed by atoms with van der Waals surface area (Å²) in [5.74, 6) is -1.37. The van der Waals surface area contributed by atoms with E-state index >= 15 is 0 Å². The SMILES string of the molecule is CC[C@H](C)[C@H](CO)N1C(=O)[C@@H]2[C@@H](C(=O)NC)[C@H]3CC(C)C2(S3)C1C(=O)NCc1ccccc1. The number of carbonyl (C=O) groups is 3. The number of hydrogen-bond donors (Lipinski definition) is 3. The number of thioether (sulfide) groups is 1. The van der Waals surface area contributed by atoms with Gasteiger partial charge in [0.2, 0.25) is 17.7 Å². The van der Waals surface area contributed by atoms with Crippen LogP contribution in [0.1, 0.15) is 39.2 Å². The molecule has 3 unspecified atom stereocenters. The minimum absolute atomic E-state index is 0.0227. The molecule has 0 aromatic heterocycles. The number of aliphatic hydroxyl groups excluding tert-OH is 1. The Kier molecular flexibility index (Phi) is 6.78. The molecule has 3 amide bonds. The van der Waals surface area contributed by atoms with Crippen molar-refractivity contribution >= 4 is 29.5 Å². The summed E-state index contributed by atoms with van der Waals surface area (Å²) in [6.07, 6.45) is 1.57. The van der Waals surface area contributed by atoms with Gasteiger partial charge in [-0.25, -0.2) is 0 Å². The second kappa shape index (κ2) is 9.29. The fraction of sp³-hybridized carbons (Fsp3) is 0.640. The van der Waals surface area contributed by atoms with E-state index in [0.29, 0.717) is 6.54 Å². The minimum atomic E-state index is -0.718. The van der Waals surface area contributed by atoms with E-state index in [0.717, 1.165) is 18.4 Å². The van der Waals surface area contributed by atoms with Gasteiger partial charge >= 0.3 is 0 Å². The Labute approximate surface area is 200 Å². The molecule has 0 saturated carbocycles. The molecule has 0 aliphatic carbocycles. The van der Waals surface area contributed by atoms with E-state index in [4.69, 9.17) is 0 Å². The second-order valence-electron chi connectivity index (χ2n) is 9.75. The third-order valence-electron chi connectivity index (χ3n) is 8.14. The van der Waals surface area contributed by atoms with Crippen LogP contribution in [-0.4, -0.2) is 63.5 Å². The van der Waals surface area contributed by atoms with Gasteiger partial charge in [0, 0.05) is 18.8 Å². The monoisotopic (exact) mass is 473 g/mol. The first-order valence-corrected chi connectivity index (χ1v) is 12.8. The van der Waals surface area contributed by atoms with Crippen molar-refractivity contribution in [1.29, 1.82) is 0 Å². The van der Waals surface area contributed by atoms with Crippen LogP contribution in [-0.2, 0) is 20.9 Å². The molecular formula is C25H35N3O4S. The van der Waals surface area contributed by atoms with Gasteiger partial charge in [0.15, 0.2) is 0 Å². The fourth-order valence-electron chi connectivity index (χ4n) is 6.28. The molecule has 3 aliphatic rings. The van der Waals surface area contributed by atoms with Crippen molar-refractivity contribution in [2.45, 2.75) is 62.2 Å². The maximum absolute atomic E-state index is 14.0. The Balaban J connectivity index is 1.74. The quantitative estimate of drug-likeness (QED) is 0.535. The highest BCUT2D eigenvalue weighted by Crippen LogP contribution is 2.68. The summed E-state index contributed by atoms with van der Waals surface area (Å²) >= 11 is 1.66. The first-order valence-electron chi connectivity index (χ1n) is 12.0. The molecule has 33 heavy (non-hydrogen) atoms. The van der Waals surface area contributed by atoms with Gasteiger partial charge in [-0.15, -0.1) is 11.8 Å². The lowest BCUT2D eigenvalue weighted by molar-refractivity contribution is -0.143. The average molecular weight is 474 g/mol. The number of rotatable bonds is 8. The van der Waals surface area contributed by atoms with Crippen LogP contribution in [0.4, 0.5) is 0 Å².